The average Bonchev–Trinajstić information content (AvgIpc) is 2.78. The average molecular weight is 288 g/mol. The van der Waals surface area contributed by atoms with E-state index in [1.807, 2.05) is 6.07 Å². The Morgan fingerprint density at radius 3 is 2.48 bits per heavy atom. The van der Waals surface area contributed by atoms with E-state index in [1.54, 1.807) is 6.07 Å². The molecule has 0 unspecified atom stereocenters. The van der Waals surface area contributed by atoms with Gasteiger partial charge in [0.05, 0.1) is 28.4 Å². The van der Waals surface area contributed by atoms with Crippen LogP contribution in [0.3, 0.4) is 0 Å². The summed E-state index contributed by atoms with van der Waals surface area (Å²) in [4.78, 5) is 4.01. The molecule has 0 bridgehead atoms. The van der Waals surface area contributed by atoms with Crippen molar-refractivity contribution in [3.8, 4) is 11.8 Å². The molecule has 0 aliphatic rings. The number of anilines is 1. The van der Waals surface area contributed by atoms with Gasteiger partial charge in [-0.15, -0.1) is 0 Å². The molecule has 0 atom stereocenters. The maximum atomic E-state index is 13.9. The topological polar surface area (TPSA) is 67.6 Å². The van der Waals surface area contributed by atoms with Crippen LogP contribution in [-0.4, -0.2) is 9.55 Å². The second-order valence-corrected chi connectivity index (χ2v) is 4.34. The molecule has 3 aromatic rings. The lowest BCUT2D eigenvalue weighted by Crippen LogP contribution is -2.04. The molecule has 0 radical (unpaired) electrons. The number of hydrogen-bond donors (Lipinski definition) is 1. The van der Waals surface area contributed by atoms with Crippen LogP contribution in [0.15, 0.2) is 30.3 Å². The summed E-state index contributed by atoms with van der Waals surface area (Å²) in [7, 11) is 0. The van der Waals surface area contributed by atoms with Crippen LogP contribution in [0.4, 0.5) is 19.1 Å². The van der Waals surface area contributed by atoms with Crippen molar-refractivity contribution < 1.29 is 13.2 Å². The van der Waals surface area contributed by atoms with Crippen molar-refractivity contribution in [1.82, 2.24) is 9.55 Å². The highest BCUT2D eigenvalue weighted by Gasteiger charge is 2.17. The lowest BCUT2D eigenvalue weighted by atomic mass is 10.2. The first kappa shape index (κ1) is 13.0. The van der Waals surface area contributed by atoms with Gasteiger partial charge < -0.3 is 5.73 Å². The molecular formula is C14H7F3N4. The van der Waals surface area contributed by atoms with Gasteiger partial charge in [0.1, 0.15) is 5.82 Å². The van der Waals surface area contributed by atoms with E-state index in [-0.39, 0.29) is 11.6 Å². The molecule has 1 heterocycles. The van der Waals surface area contributed by atoms with Crippen molar-refractivity contribution >= 4 is 17.0 Å². The Balaban J connectivity index is 2.37. The van der Waals surface area contributed by atoms with Gasteiger partial charge in [0.15, 0.2) is 11.6 Å². The number of fused-ring (bicyclic) bond motifs is 1. The van der Waals surface area contributed by atoms with Gasteiger partial charge in [0.25, 0.3) is 0 Å². The number of rotatable bonds is 1. The van der Waals surface area contributed by atoms with Gasteiger partial charge in [0.2, 0.25) is 5.95 Å². The Bertz CT molecular complexity index is 909. The monoisotopic (exact) mass is 288 g/mol. The molecule has 0 saturated carbocycles. The summed E-state index contributed by atoms with van der Waals surface area (Å²) in [5, 5.41) is 8.91. The van der Waals surface area contributed by atoms with Crippen molar-refractivity contribution in [2.24, 2.45) is 0 Å². The van der Waals surface area contributed by atoms with E-state index in [1.165, 1.54) is 12.1 Å². The Labute approximate surface area is 116 Å². The third-order valence-electron chi connectivity index (χ3n) is 3.04. The maximum absolute atomic E-state index is 13.9. The molecule has 0 saturated heterocycles. The van der Waals surface area contributed by atoms with Crippen LogP contribution in [0.2, 0.25) is 0 Å². The standard InChI is InChI=1S/C14H7F3N4/c15-8-4-10(17)12(5-9(8)16)21-13-3-7(6-18)1-2-11(13)20-14(21)19/h1-5H,(H2,19,20). The number of nitriles is 1. The highest BCUT2D eigenvalue weighted by atomic mass is 19.2. The van der Waals surface area contributed by atoms with Gasteiger partial charge in [-0.2, -0.15) is 5.26 Å². The normalized spacial score (nSPS) is 10.8. The fourth-order valence-electron chi connectivity index (χ4n) is 2.10. The van der Waals surface area contributed by atoms with E-state index in [2.05, 4.69) is 4.98 Å². The Morgan fingerprint density at radius 2 is 1.76 bits per heavy atom. The molecular weight excluding hydrogens is 281 g/mol. The quantitative estimate of drug-likeness (QED) is 0.700. The van der Waals surface area contributed by atoms with E-state index in [9.17, 15) is 13.2 Å². The first-order valence-electron chi connectivity index (χ1n) is 5.84. The molecule has 2 aromatic carbocycles. The number of imidazole rings is 1. The predicted molar refractivity (Wildman–Crippen MR) is 70.1 cm³/mol. The van der Waals surface area contributed by atoms with Crippen molar-refractivity contribution in [3.63, 3.8) is 0 Å². The van der Waals surface area contributed by atoms with Crippen LogP contribution >= 0.6 is 0 Å². The fourth-order valence-corrected chi connectivity index (χ4v) is 2.10. The predicted octanol–water partition coefficient (Wildman–Crippen LogP) is 2.90. The summed E-state index contributed by atoms with van der Waals surface area (Å²) in [6.45, 7) is 0. The van der Waals surface area contributed by atoms with Crippen LogP contribution in [0, 0.1) is 28.8 Å². The van der Waals surface area contributed by atoms with Gasteiger partial charge in [-0.25, -0.2) is 18.2 Å². The third kappa shape index (κ3) is 1.97. The minimum atomic E-state index is -1.29. The Morgan fingerprint density at radius 1 is 1.05 bits per heavy atom. The Kier molecular flexibility index (Phi) is 2.80. The van der Waals surface area contributed by atoms with Crippen LogP contribution in [-0.2, 0) is 0 Å². The van der Waals surface area contributed by atoms with E-state index in [0.717, 1.165) is 4.57 Å². The molecule has 0 aliphatic carbocycles. The zero-order valence-electron chi connectivity index (χ0n) is 10.4. The number of halogens is 3. The van der Waals surface area contributed by atoms with E-state index < -0.39 is 17.5 Å². The molecule has 104 valence electrons. The van der Waals surface area contributed by atoms with Gasteiger partial charge in [-0.3, -0.25) is 4.57 Å². The smallest absolute Gasteiger partial charge is 0.206 e. The number of nitrogens with zero attached hydrogens (tertiary/aromatic N) is 3. The molecule has 1 aromatic heterocycles. The summed E-state index contributed by atoms with van der Waals surface area (Å²) in [5.41, 5.74) is 6.50. The summed E-state index contributed by atoms with van der Waals surface area (Å²) in [5.74, 6) is -3.58. The molecule has 7 heteroatoms. The van der Waals surface area contributed by atoms with Crippen molar-refractivity contribution in [2.45, 2.75) is 0 Å². The SMILES string of the molecule is N#Cc1ccc2nc(N)n(-c3cc(F)c(F)cc3F)c2c1. The minimum Gasteiger partial charge on any atom is -0.369 e. The number of benzene rings is 2. The lowest BCUT2D eigenvalue weighted by Gasteiger charge is -2.08. The number of hydrogen-bond acceptors (Lipinski definition) is 3. The van der Waals surface area contributed by atoms with E-state index >= 15 is 0 Å². The van der Waals surface area contributed by atoms with Gasteiger partial charge >= 0.3 is 0 Å². The molecule has 0 amide bonds. The summed E-state index contributed by atoms with van der Waals surface area (Å²) in [6.07, 6.45) is 0. The maximum Gasteiger partial charge on any atom is 0.206 e. The molecule has 0 spiro atoms. The van der Waals surface area contributed by atoms with Crippen LogP contribution in [0.1, 0.15) is 5.56 Å². The molecule has 3 rings (SSSR count). The highest BCUT2D eigenvalue weighted by Crippen LogP contribution is 2.27. The second kappa shape index (κ2) is 4.52. The number of nitrogen functional groups attached to an aromatic ring is 1. The summed E-state index contributed by atoms with van der Waals surface area (Å²) in [6, 6.07) is 7.58. The van der Waals surface area contributed by atoms with Gasteiger partial charge in [0, 0.05) is 12.1 Å². The number of nitrogens with two attached hydrogens (primary N) is 1. The van der Waals surface area contributed by atoms with E-state index in [4.69, 9.17) is 11.0 Å². The minimum absolute atomic E-state index is 0.0926. The van der Waals surface area contributed by atoms with Crippen LogP contribution in [0.25, 0.3) is 16.7 Å². The van der Waals surface area contributed by atoms with Crippen molar-refractivity contribution in [3.05, 3.63) is 53.3 Å². The lowest BCUT2D eigenvalue weighted by molar-refractivity contribution is 0.493. The zero-order chi connectivity index (χ0) is 15.1. The Hall–Kier alpha value is -3.01. The summed E-state index contributed by atoms with van der Waals surface area (Å²) < 4.78 is 41.4. The van der Waals surface area contributed by atoms with Crippen molar-refractivity contribution in [2.75, 3.05) is 5.73 Å². The fraction of sp³-hybridized carbons (Fsp3) is 0. The third-order valence-corrected chi connectivity index (χ3v) is 3.04. The highest BCUT2D eigenvalue weighted by molar-refractivity contribution is 5.82. The van der Waals surface area contributed by atoms with Gasteiger partial charge in [-0.1, -0.05) is 0 Å². The van der Waals surface area contributed by atoms with Gasteiger partial charge in [-0.05, 0) is 18.2 Å². The first-order chi connectivity index (χ1) is 10.0. The second-order valence-electron chi connectivity index (χ2n) is 4.34. The largest absolute Gasteiger partial charge is 0.369 e. The molecule has 0 aliphatic heterocycles. The van der Waals surface area contributed by atoms with Crippen LogP contribution < -0.4 is 5.73 Å². The first-order valence-corrected chi connectivity index (χ1v) is 5.84. The number of aromatic nitrogens is 2. The van der Waals surface area contributed by atoms with Crippen LogP contribution in [0.5, 0.6) is 0 Å². The molecule has 4 nitrogen and oxygen atoms in total. The van der Waals surface area contributed by atoms with E-state index in [0.29, 0.717) is 28.7 Å². The molecule has 21 heavy (non-hydrogen) atoms. The van der Waals surface area contributed by atoms with Crippen molar-refractivity contribution in [1.29, 1.82) is 5.26 Å². The molecule has 2 N–H and O–H groups in total. The zero-order valence-corrected chi connectivity index (χ0v) is 10.4. The summed E-state index contributed by atoms with van der Waals surface area (Å²) >= 11 is 0. The molecule has 0 fully saturated rings.